The molecule has 5 N–H and O–H groups in total. The molecule has 0 aromatic heterocycles. The Kier molecular flexibility index (Phi) is 4.50. The van der Waals surface area contributed by atoms with Gasteiger partial charge in [-0.1, -0.05) is 0 Å². The highest BCUT2D eigenvalue weighted by Gasteiger charge is 2.26. The largest absolute Gasteiger partial charge is 0.391 e. The smallest absolute Gasteiger partial charge is 0.316 e. The molecule has 0 heterocycles. The summed E-state index contributed by atoms with van der Waals surface area (Å²) >= 11 is 0. The molecule has 0 bridgehead atoms. The number of carbonyl (C=O) groups is 2. The van der Waals surface area contributed by atoms with Gasteiger partial charge < -0.3 is 21.5 Å². The molecule has 3 amide bonds. The lowest BCUT2D eigenvalue weighted by atomic mass is 9.98. The zero-order chi connectivity index (χ0) is 14.6. The van der Waals surface area contributed by atoms with E-state index in [0.29, 0.717) is 11.3 Å². The fraction of sp³-hybridized carbons (Fsp3) is 0.385. The lowest BCUT2D eigenvalue weighted by molar-refractivity contribution is 0.0709. The van der Waals surface area contributed by atoms with Crippen LogP contribution < -0.4 is 16.4 Å². The standard InChI is InChI=1S/C13H19N3O3/c1-8(17)13(2,3)16-11(18)9-4-6-10(7-5-9)15-12(14)19/h4-8,17H,1-3H3,(H,16,18)(H3,14,15,19). The summed E-state index contributed by atoms with van der Waals surface area (Å²) in [5.74, 6) is -0.295. The molecule has 0 aliphatic heterocycles. The van der Waals surface area contributed by atoms with Gasteiger partial charge in [-0.15, -0.1) is 0 Å². The third-order valence-electron chi connectivity index (χ3n) is 2.89. The lowest BCUT2D eigenvalue weighted by Gasteiger charge is -2.29. The SMILES string of the molecule is CC(O)C(C)(C)NC(=O)c1ccc(NC(N)=O)cc1. The second-order valence-electron chi connectivity index (χ2n) is 4.92. The number of urea groups is 1. The topological polar surface area (TPSA) is 104 Å². The van der Waals surface area contributed by atoms with E-state index in [0.717, 1.165) is 0 Å². The molecule has 1 unspecified atom stereocenters. The van der Waals surface area contributed by atoms with E-state index in [2.05, 4.69) is 10.6 Å². The summed E-state index contributed by atoms with van der Waals surface area (Å²) in [6.45, 7) is 5.08. The first kappa shape index (κ1) is 15.0. The molecule has 0 saturated heterocycles. The zero-order valence-corrected chi connectivity index (χ0v) is 11.2. The summed E-state index contributed by atoms with van der Waals surface area (Å²) in [6.07, 6.45) is -0.674. The van der Waals surface area contributed by atoms with Crippen molar-refractivity contribution < 1.29 is 14.7 Å². The van der Waals surface area contributed by atoms with E-state index in [1.807, 2.05) is 0 Å². The Morgan fingerprint density at radius 3 is 2.21 bits per heavy atom. The van der Waals surface area contributed by atoms with Gasteiger partial charge in [-0.3, -0.25) is 4.79 Å². The molecule has 0 spiro atoms. The van der Waals surface area contributed by atoms with Crippen LogP contribution in [0.2, 0.25) is 0 Å². The molecule has 6 nitrogen and oxygen atoms in total. The molecule has 1 aromatic rings. The summed E-state index contributed by atoms with van der Waals surface area (Å²) in [5, 5.41) is 14.7. The summed E-state index contributed by atoms with van der Waals surface area (Å²) < 4.78 is 0. The molecule has 104 valence electrons. The third-order valence-corrected chi connectivity index (χ3v) is 2.89. The van der Waals surface area contributed by atoms with Crippen molar-refractivity contribution in [2.75, 3.05) is 5.32 Å². The number of hydrogen-bond donors (Lipinski definition) is 4. The highest BCUT2D eigenvalue weighted by molar-refractivity contribution is 5.95. The number of amides is 3. The lowest BCUT2D eigenvalue weighted by Crippen LogP contribution is -2.50. The van der Waals surface area contributed by atoms with Crippen LogP contribution in [0.25, 0.3) is 0 Å². The van der Waals surface area contributed by atoms with Crippen LogP contribution in [0, 0.1) is 0 Å². The number of carbonyl (C=O) groups excluding carboxylic acids is 2. The first-order valence-electron chi connectivity index (χ1n) is 5.89. The number of anilines is 1. The molecule has 0 radical (unpaired) electrons. The quantitative estimate of drug-likeness (QED) is 0.654. The van der Waals surface area contributed by atoms with Crippen molar-refractivity contribution in [3.05, 3.63) is 29.8 Å². The maximum Gasteiger partial charge on any atom is 0.316 e. The number of nitrogens with one attached hydrogen (secondary N) is 2. The van der Waals surface area contributed by atoms with Crippen molar-refractivity contribution in [2.45, 2.75) is 32.4 Å². The van der Waals surface area contributed by atoms with Gasteiger partial charge >= 0.3 is 6.03 Å². The van der Waals surface area contributed by atoms with Crippen molar-refractivity contribution in [3.8, 4) is 0 Å². The number of aliphatic hydroxyl groups is 1. The Morgan fingerprint density at radius 2 is 1.79 bits per heavy atom. The number of rotatable bonds is 4. The summed E-state index contributed by atoms with van der Waals surface area (Å²) in [5.41, 5.74) is 5.21. The van der Waals surface area contributed by atoms with Gasteiger partial charge in [-0.25, -0.2) is 4.79 Å². The molecular formula is C13H19N3O3. The van der Waals surface area contributed by atoms with Gasteiger partial charge in [0, 0.05) is 11.3 Å². The van der Waals surface area contributed by atoms with Gasteiger partial charge in [-0.05, 0) is 45.0 Å². The van der Waals surface area contributed by atoms with Crippen molar-refractivity contribution in [2.24, 2.45) is 5.73 Å². The van der Waals surface area contributed by atoms with Gasteiger partial charge in [-0.2, -0.15) is 0 Å². The van der Waals surface area contributed by atoms with E-state index in [-0.39, 0.29) is 5.91 Å². The van der Waals surface area contributed by atoms with Crippen LogP contribution in [0.3, 0.4) is 0 Å². The van der Waals surface area contributed by atoms with Crippen molar-refractivity contribution in [3.63, 3.8) is 0 Å². The van der Waals surface area contributed by atoms with Crippen LogP contribution in [-0.4, -0.2) is 28.7 Å². The average molecular weight is 265 g/mol. The van der Waals surface area contributed by atoms with Gasteiger partial charge in [0.05, 0.1) is 11.6 Å². The Labute approximate surface area is 112 Å². The summed E-state index contributed by atoms with van der Waals surface area (Å²) in [6, 6.07) is 5.63. The first-order valence-corrected chi connectivity index (χ1v) is 5.89. The van der Waals surface area contributed by atoms with E-state index in [1.165, 1.54) is 0 Å². The normalized spacial score (nSPS) is 12.6. The zero-order valence-electron chi connectivity index (χ0n) is 11.2. The molecule has 1 rings (SSSR count). The maximum atomic E-state index is 12.0. The predicted molar refractivity (Wildman–Crippen MR) is 72.9 cm³/mol. The molecule has 0 saturated carbocycles. The van der Waals surface area contributed by atoms with Crippen molar-refractivity contribution >= 4 is 17.6 Å². The molecule has 1 aromatic carbocycles. The van der Waals surface area contributed by atoms with Crippen LogP contribution in [0.4, 0.5) is 10.5 Å². The highest BCUT2D eigenvalue weighted by atomic mass is 16.3. The number of nitrogens with two attached hydrogens (primary N) is 1. The van der Waals surface area contributed by atoms with Crippen LogP contribution in [0.1, 0.15) is 31.1 Å². The molecule has 0 fully saturated rings. The van der Waals surface area contributed by atoms with E-state index in [9.17, 15) is 14.7 Å². The number of hydrogen-bond acceptors (Lipinski definition) is 3. The fourth-order valence-corrected chi connectivity index (χ4v) is 1.32. The highest BCUT2D eigenvalue weighted by Crippen LogP contribution is 2.13. The molecule has 1 atom stereocenters. The van der Waals surface area contributed by atoms with Crippen LogP contribution in [0.5, 0.6) is 0 Å². The van der Waals surface area contributed by atoms with Gasteiger partial charge in [0.1, 0.15) is 0 Å². The number of benzene rings is 1. The molecule has 0 aliphatic rings. The Balaban J connectivity index is 2.76. The third kappa shape index (κ3) is 4.26. The predicted octanol–water partition coefficient (Wildman–Crippen LogP) is 1.07. The van der Waals surface area contributed by atoms with E-state index >= 15 is 0 Å². The van der Waals surface area contributed by atoms with Crippen molar-refractivity contribution in [1.29, 1.82) is 0 Å². The van der Waals surface area contributed by atoms with Crippen LogP contribution in [0.15, 0.2) is 24.3 Å². The van der Waals surface area contributed by atoms with Gasteiger partial charge in [0.15, 0.2) is 0 Å². The van der Waals surface area contributed by atoms with Gasteiger partial charge in [0.25, 0.3) is 5.91 Å². The monoisotopic (exact) mass is 265 g/mol. The number of primary amides is 1. The number of aliphatic hydroxyl groups excluding tert-OH is 1. The minimum Gasteiger partial charge on any atom is -0.391 e. The summed E-state index contributed by atoms with van der Waals surface area (Å²) in [7, 11) is 0. The van der Waals surface area contributed by atoms with E-state index in [4.69, 9.17) is 5.73 Å². The molecular weight excluding hydrogens is 246 g/mol. The minimum atomic E-state index is -0.721. The minimum absolute atomic E-state index is 0.295. The Morgan fingerprint density at radius 1 is 1.26 bits per heavy atom. The Bertz CT molecular complexity index is 467. The second-order valence-corrected chi connectivity index (χ2v) is 4.92. The fourth-order valence-electron chi connectivity index (χ4n) is 1.32. The second kappa shape index (κ2) is 5.71. The van der Waals surface area contributed by atoms with Crippen LogP contribution >= 0.6 is 0 Å². The molecule has 0 aliphatic carbocycles. The molecule has 6 heteroatoms. The maximum absolute atomic E-state index is 12.0. The first-order chi connectivity index (χ1) is 8.72. The Hall–Kier alpha value is -2.08. The summed E-state index contributed by atoms with van der Waals surface area (Å²) in [4.78, 5) is 22.6. The molecule has 19 heavy (non-hydrogen) atoms. The van der Waals surface area contributed by atoms with Crippen LogP contribution in [-0.2, 0) is 0 Å². The van der Waals surface area contributed by atoms with Gasteiger partial charge in [0.2, 0.25) is 0 Å². The van der Waals surface area contributed by atoms with E-state index < -0.39 is 17.7 Å². The van der Waals surface area contributed by atoms with E-state index in [1.54, 1.807) is 45.0 Å². The van der Waals surface area contributed by atoms with Crippen molar-refractivity contribution in [1.82, 2.24) is 5.32 Å². The average Bonchev–Trinajstić information content (AvgIpc) is 2.28.